The Morgan fingerprint density at radius 3 is 2.41 bits per heavy atom. The quantitative estimate of drug-likeness (QED) is 0.400. The van der Waals surface area contributed by atoms with Gasteiger partial charge in [0.2, 0.25) is 0 Å². The molecule has 0 heterocycles. The Balaban J connectivity index is 2.07. The highest BCUT2D eigenvalue weighted by atomic mass is 35.5. The van der Waals surface area contributed by atoms with Gasteiger partial charge >= 0.3 is 6.18 Å². The third-order valence-corrected chi connectivity index (χ3v) is 4.36. The highest BCUT2D eigenvalue weighted by molar-refractivity contribution is 6.30. The lowest BCUT2D eigenvalue weighted by Crippen LogP contribution is -2.26. The summed E-state index contributed by atoms with van der Waals surface area (Å²) < 4.78 is 43.6. The molecule has 1 atom stereocenters. The first-order valence-electron chi connectivity index (χ1n) is 8.20. The van der Waals surface area contributed by atoms with E-state index < -0.39 is 17.9 Å². The number of nitrogens with zero attached hydrogens (tertiary/aromatic N) is 2. The zero-order valence-corrected chi connectivity index (χ0v) is 16.0. The van der Waals surface area contributed by atoms with Crippen LogP contribution in [0.2, 0.25) is 5.02 Å². The van der Waals surface area contributed by atoms with Crippen LogP contribution in [0.3, 0.4) is 0 Å². The van der Waals surface area contributed by atoms with Crippen molar-refractivity contribution in [2.24, 2.45) is 5.10 Å². The molecule has 0 aliphatic carbocycles. The maximum absolute atomic E-state index is 12.6. The van der Waals surface area contributed by atoms with Gasteiger partial charge in [-0.15, -0.1) is 0 Å². The second kappa shape index (κ2) is 8.52. The molecule has 0 saturated heterocycles. The molecule has 0 radical (unpaired) electrons. The van der Waals surface area contributed by atoms with E-state index in [1.54, 1.807) is 37.3 Å². The van der Waals surface area contributed by atoms with Gasteiger partial charge in [0, 0.05) is 23.8 Å². The molecule has 0 aromatic heterocycles. The van der Waals surface area contributed by atoms with E-state index in [9.17, 15) is 13.2 Å². The van der Waals surface area contributed by atoms with Crippen LogP contribution in [-0.2, 0) is 6.61 Å². The van der Waals surface area contributed by atoms with Crippen LogP contribution < -0.4 is 10.5 Å². The van der Waals surface area contributed by atoms with Crippen LogP contribution in [0.4, 0.5) is 18.9 Å². The second-order valence-electron chi connectivity index (χ2n) is 6.14. The van der Waals surface area contributed by atoms with Gasteiger partial charge in [-0.25, -0.2) is 0 Å². The van der Waals surface area contributed by atoms with E-state index in [1.807, 2.05) is 12.1 Å². The Hall–Kier alpha value is -2.41. The second-order valence-corrected chi connectivity index (χ2v) is 6.58. The number of alkyl halides is 3. The highest BCUT2D eigenvalue weighted by Gasteiger charge is 2.33. The standard InChI is InChI=1S/C19H21ClF3N3O/c1-12(26(3)25-13(2)19(21,22)23)17-9-8-16(10-18(17)24)27-11-14-4-6-15(20)7-5-14/h4-10,12H,11,24H2,1-3H3/b25-13+. The maximum atomic E-state index is 12.6. The molecule has 27 heavy (non-hydrogen) atoms. The lowest BCUT2D eigenvalue weighted by atomic mass is 10.1. The van der Waals surface area contributed by atoms with Crippen molar-refractivity contribution >= 4 is 23.0 Å². The predicted molar refractivity (Wildman–Crippen MR) is 102 cm³/mol. The summed E-state index contributed by atoms with van der Waals surface area (Å²) >= 11 is 5.85. The number of hydrazone groups is 1. The molecule has 2 aromatic rings. The summed E-state index contributed by atoms with van der Waals surface area (Å²) in [6.45, 7) is 3.01. The minimum absolute atomic E-state index is 0.348. The molecule has 0 aliphatic rings. The van der Waals surface area contributed by atoms with E-state index in [4.69, 9.17) is 22.1 Å². The summed E-state index contributed by atoms with van der Waals surface area (Å²) in [5, 5.41) is 5.48. The Kier molecular flexibility index (Phi) is 6.59. The third kappa shape index (κ3) is 5.79. The number of benzene rings is 2. The van der Waals surface area contributed by atoms with Gasteiger partial charge in [0.1, 0.15) is 18.1 Å². The van der Waals surface area contributed by atoms with Crippen molar-refractivity contribution in [1.82, 2.24) is 5.01 Å². The molecule has 0 saturated carbocycles. The van der Waals surface area contributed by atoms with Crippen molar-refractivity contribution in [2.45, 2.75) is 32.7 Å². The molecule has 2 N–H and O–H groups in total. The summed E-state index contributed by atoms with van der Waals surface area (Å²) in [6, 6.07) is 11.9. The van der Waals surface area contributed by atoms with Crippen molar-refractivity contribution in [3.05, 3.63) is 58.6 Å². The Bertz CT molecular complexity index is 807. The molecular weight excluding hydrogens is 379 g/mol. The van der Waals surface area contributed by atoms with Crippen LogP contribution in [0.15, 0.2) is 47.6 Å². The number of rotatable bonds is 6. The zero-order valence-electron chi connectivity index (χ0n) is 15.2. The van der Waals surface area contributed by atoms with Gasteiger partial charge < -0.3 is 10.5 Å². The molecule has 0 spiro atoms. The molecule has 1 unspecified atom stereocenters. The number of anilines is 1. The van der Waals surface area contributed by atoms with Gasteiger partial charge in [0.15, 0.2) is 0 Å². The number of nitrogen functional groups attached to an aromatic ring is 1. The number of hydrogen-bond donors (Lipinski definition) is 1. The van der Waals surface area contributed by atoms with Crippen LogP contribution in [0.1, 0.15) is 31.0 Å². The normalized spacial score (nSPS) is 13.4. The fourth-order valence-corrected chi connectivity index (χ4v) is 2.48. The monoisotopic (exact) mass is 399 g/mol. The highest BCUT2D eigenvalue weighted by Crippen LogP contribution is 2.29. The minimum Gasteiger partial charge on any atom is -0.489 e. The Morgan fingerprint density at radius 2 is 1.85 bits per heavy atom. The maximum Gasteiger partial charge on any atom is 0.430 e. The van der Waals surface area contributed by atoms with Crippen molar-refractivity contribution in [1.29, 1.82) is 0 Å². The number of ether oxygens (including phenoxy) is 1. The third-order valence-electron chi connectivity index (χ3n) is 4.11. The van der Waals surface area contributed by atoms with Gasteiger partial charge in [-0.05, 0) is 43.2 Å². The molecule has 0 bridgehead atoms. The molecule has 8 heteroatoms. The molecule has 0 fully saturated rings. The topological polar surface area (TPSA) is 50.8 Å². The van der Waals surface area contributed by atoms with Gasteiger partial charge in [-0.1, -0.05) is 29.8 Å². The van der Waals surface area contributed by atoms with Gasteiger partial charge in [-0.3, -0.25) is 5.01 Å². The van der Waals surface area contributed by atoms with Crippen LogP contribution in [0, 0.1) is 0 Å². The van der Waals surface area contributed by atoms with Gasteiger partial charge in [-0.2, -0.15) is 18.3 Å². The van der Waals surface area contributed by atoms with Crippen LogP contribution in [-0.4, -0.2) is 23.9 Å². The van der Waals surface area contributed by atoms with E-state index in [0.29, 0.717) is 28.6 Å². The number of hydrogen-bond acceptors (Lipinski definition) is 4. The lowest BCUT2D eigenvalue weighted by Gasteiger charge is -2.25. The van der Waals surface area contributed by atoms with Crippen molar-refractivity contribution in [2.75, 3.05) is 12.8 Å². The van der Waals surface area contributed by atoms with E-state index in [1.165, 1.54) is 12.1 Å². The average molecular weight is 400 g/mol. The van der Waals surface area contributed by atoms with Gasteiger partial charge in [0.25, 0.3) is 0 Å². The predicted octanol–water partition coefficient (Wildman–Crippen LogP) is 5.43. The molecule has 0 amide bonds. The summed E-state index contributed by atoms with van der Waals surface area (Å²) in [7, 11) is 1.48. The van der Waals surface area contributed by atoms with Crippen LogP contribution in [0.5, 0.6) is 5.75 Å². The number of nitrogens with two attached hydrogens (primary N) is 1. The molecule has 146 valence electrons. The van der Waals surface area contributed by atoms with E-state index >= 15 is 0 Å². The minimum atomic E-state index is -4.46. The smallest absolute Gasteiger partial charge is 0.430 e. The molecular formula is C19H21ClF3N3O. The fourth-order valence-electron chi connectivity index (χ4n) is 2.35. The summed E-state index contributed by atoms with van der Waals surface area (Å²) in [6.07, 6.45) is -4.46. The molecule has 4 nitrogen and oxygen atoms in total. The van der Waals surface area contributed by atoms with Crippen molar-refractivity contribution in [3.63, 3.8) is 0 Å². The van der Waals surface area contributed by atoms with E-state index in [0.717, 1.165) is 12.5 Å². The molecule has 0 aliphatic heterocycles. The van der Waals surface area contributed by atoms with Crippen LogP contribution in [0.25, 0.3) is 0 Å². The fraction of sp³-hybridized carbons (Fsp3) is 0.316. The SMILES string of the molecule is C/C(=N\N(C)C(C)c1ccc(OCc2ccc(Cl)cc2)cc1N)C(F)(F)F. The van der Waals surface area contributed by atoms with Crippen molar-refractivity contribution in [3.8, 4) is 5.75 Å². The lowest BCUT2D eigenvalue weighted by molar-refractivity contribution is -0.0607. The Labute approximate surface area is 161 Å². The van der Waals surface area contributed by atoms with Gasteiger partial charge in [0.05, 0.1) is 6.04 Å². The first-order valence-corrected chi connectivity index (χ1v) is 8.57. The van der Waals surface area contributed by atoms with Crippen LogP contribution >= 0.6 is 11.6 Å². The van der Waals surface area contributed by atoms with E-state index in [-0.39, 0.29) is 0 Å². The van der Waals surface area contributed by atoms with E-state index in [2.05, 4.69) is 5.10 Å². The zero-order chi connectivity index (χ0) is 20.2. The summed E-state index contributed by atoms with van der Waals surface area (Å²) in [5.74, 6) is 0.566. The molecule has 2 aromatic carbocycles. The first-order chi connectivity index (χ1) is 12.6. The summed E-state index contributed by atoms with van der Waals surface area (Å²) in [5.41, 5.74) is 7.18. The summed E-state index contributed by atoms with van der Waals surface area (Å²) in [4.78, 5) is 0. The first kappa shape index (κ1) is 20.9. The molecule has 2 rings (SSSR count). The Morgan fingerprint density at radius 1 is 1.22 bits per heavy atom. The largest absolute Gasteiger partial charge is 0.489 e. The average Bonchev–Trinajstić information content (AvgIpc) is 2.60. The number of halogens is 4. The van der Waals surface area contributed by atoms with Crippen molar-refractivity contribution < 1.29 is 17.9 Å².